The number of nitrogens with zero attached hydrogens (tertiary/aromatic N) is 1. The summed E-state index contributed by atoms with van der Waals surface area (Å²) in [5, 5.41) is 4.42. The minimum absolute atomic E-state index is 0.114. The van der Waals surface area contributed by atoms with Crippen molar-refractivity contribution in [3.05, 3.63) is 58.1 Å². The number of hydrogen-bond acceptors (Lipinski definition) is 3. The summed E-state index contributed by atoms with van der Waals surface area (Å²) >= 11 is 0. The Hall–Kier alpha value is -2.56. The van der Waals surface area contributed by atoms with E-state index in [1.807, 2.05) is 25.3 Å². The zero-order chi connectivity index (χ0) is 14.7. The lowest BCUT2D eigenvalue weighted by atomic mass is 10.1. The van der Waals surface area contributed by atoms with Gasteiger partial charge in [0.15, 0.2) is 0 Å². The Morgan fingerprint density at radius 3 is 3.00 bits per heavy atom. The number of fused-ring (bicyclic) bond motifs is 1. The van der Waals surface area contributed by atoms with Crippen molar-refractivity contribution < 1.29 is 0 Å². The lowest BCUT2D eigenvalue weighted by Gasteiger charge is -2.06. The van der Waals surface area contributed by atoms with Gasteiger partial charge in [-0.1, -0.05) is 25.1 Å². The van der Waals surface area contributed by atoms with Crippen molar-refractivity contribution in [2.45, 2.75) is 19.8 Å². The summed E-state index contributed by atoms with van der Waals surface area (Å²) in [5.41, 5.74) is 3.09. The zero-order valence-corrected chi connectivity index (χ0v) is 11.9. The van der Waals surface area contributed by atoms with Gasteiger partial charge >= 0.3 is 0 Å². The number of benzene rings is 1. The first-order valence-corrected chi connectivity index (χ1v) is 7.15. The van der Waals surface area contributed by atoms with Crippen LogP contribution in [0.1, 0.15) is 18.2 Å². The molecule has 3 N–H and O–H groups in total. The second-order valence-corrected chi connectivity index (χ2v) is 4.98. The van der Waals surface area contributed by atoms with Gasteiger partial charge in [-0.15, -0.1) is 0 Å². The highest BCUT2D eigenvalue weighted by Crippen LogP contribution is 2.17. The van der Waals surface area contributed by atoms with E-state index in [2.05, 4.69) is 32.4 Å². The average Bonchev–Trinajstić information content (AvgIpc) is 2.90. The van der Waals surface area contributed by atoms with Crippen LogP contribution >= 0.6 is 0 Å². The Kier molecular flexibility index (Phi) is 3.73. The van der Waals surface area contributed by atoms with Gasteiger partial charge in [-0.05, 0) is 24.5 Å². The molecule has 5 nitrogen and oxygen atoms in total. The second kappa shape index (κ2) is 5.83. The average molecular weight is 282 g/mol. The molecule has 0 spiro atoms. The number of anilines is 1. The molecule has 0 fully saturated rings. The van der Waals surface area contributed by atoms with E-state index in [4.69, 9.17) is 0 Å². The standard InChI is InChI=1S/C16H18N4O/c1-2-12-9-15(21)20-16(19-12)17-8-7-11-10-18-14-6-4-3-5-13(11)14/h3-6,9-10,18H,2,7-8H2,1H3,(H2,17,19,20,21). The fraction of sp³-hybridized carbons (Fsp3) is 0.250. The van der Waals surface area contributed by atoms with Crippen molar-refractivity contribution in [1.82, 2.24) is 15.0 Å². The molecule has 0 bridgehead atoms. The SMILES string of the molecule is CCc1cc(=O)[nH]c(NCCc2c[nH]c3ccccc23)n1. The number of H-pyrrole nitrogens is 2. The van der Waals surface area contributed by atoms with Crippen molar-refractivity contribution in [1.29, 1.82) is 0 Å². The van der Waals surface area contributed by atoms with E-state index in [0.717, 1.165) is 30.6 Å². The van der Waals surface area contributed by atoms with Crippen LogP contribution in [0, 0.1) is 0 Å². The van der Waals surface area contributed by atoms with Crippen LogP contribution in [0.15, 0.2) is 41.3 Å². The molecule has 5 heteroatoms. The zero-order valence-electron chi connectivity index (χ0n) is 11.9. The van der Waals surface area contributed by atoms with E-state index >= 15 is 0 Å². The Morgan fingerprint density at radius 2 is 2.14 bits per heavy atom. The predicted molar refractivity (Wildman–Crippen MR) is 84.7 cm³/mol. The quantitative estimate of drug-likeness (QED) is 0.673. The number of para-hydroxylation sites is 1. The molecule has 3 aromatic rings. The van der Waals surface area contributed by atoms with E-state index in [-0.39, 0.29) is 5.56 Å². The fourth-order valence-electron chi connectivity index (χ4n) is 2.43. The molecule has 0 saturated carbocycles. The molecule has 108 valence electrons. The monoisotopic (exact) mass is 282 g/mol. The summed E-state index contributed by atoms with van der Waals surface area (Å²) in [6, 6.07) is 9.77. The van der Waals surface area contributed by atoms with Gasteiger partial charge in [0, 0.05) is 35.4 Å². The first kappa shape index (κ1) is 13.4. The number of aromatic nitrogens is 3. The Labute approximate surface area is 122 Å². The van der Waals surface area contributed by atoms with Crippen LogP contribution in [0.3, 0.4) is 0 Å². The number of aromatic amines is 2. The highest BCUT2D eigenvalue weighted by atomic mass is 16.1. The molecule has 0 unspecified atom stereocenters. The lowest BCUT2D eigenvalue weighted by molar-refractivity contribution is 0.941. The summed E-state index contributed by atoms with van der Waals surface area (Å²) in [4.78, 5) is 21.8. The highest BCUT2D eigenvalue weighted by Gasteiger charge is 2.03. The molecule has 1 aromatic carbocycles. The molecule has 0 aliphatic rings. The fourth-order valence-corrected chi connectivity index (χ4v) is 2.43. The van der Waals surface area contributed by atoms with Crippen LogP contribution in [0.5, 0.6) is 0 Å². The van der Waals surface area contributed by atoms with Gasteiger partial charge in [0.25, 0.3) is 5.56 Å². The first-order valence-electron chi connectivity index (χ1n) is 7.15. The summed E-state index contributed by atoms with van der Waals surface area (Å²) in [7, 11) is 0. The Bertz CT molecular complexity index is 803. The molecule has 2 heterocycles. The highest BCUT2D eigenvalue weighted by molar-refractivity contribution is 5.83. The summed E-state index contributed by atoms with van der Waals surface area (Å²) in [5.74, 6) is 0.541. The topological polar surface area (TPSA) is 73.6 Å². The third kappa shape index (κ3) is 2.97. The Morgan fingerprint density at radius 1 is 1.29 bits per heavy atom. The largest absolute Gasteiger partial charge is 0.361 e. The second-order valence-electron chi connectivity index (χ2n) is 4.98. The summed E-state index contributed by atoms with van der Waals surface area (Å²) < 4.78 is 0. The van der Waals surface area contributed by atoms with Crippen LogP contribution in [0.25, 0.3) is 10.9 Å². The minimum Gasteiger partial charge on any atom is -0.361 e. The van der Waals surface area contributed by atoms with Gasteiger partial charge in [0.05, 0.1) is 0 Å². The smallest absolute Gasteiger partial charge is 0.252 e. The molecule has 0 aliphatic heterocycles. The van der Waals surface area contributed by atoms with Gasteiger partial charge in [0.1, 0.15) is 0 Å². The van der Waals surface area contributed by atoms with Crippen LogP contribution in [-0.4, -0.2) is 21.5 Å². The maximum absolute atomic E-state index is 11.5. The molecule has 2 aromatic heterocycles. The van der Waals surface area contributed by atoms with E-state index in [0.29, 0.717) is 5.95 Å². The van der Waals surface area contributed by atoms with Crippen LogP contribution in [-0.2, 0) is 12.8 Å². The summed E-state index contributed by atoms with van der Waals surface area (Å²) in [6.45, 7) is 2.70. The lowest BCUT2D eigenvalue weighted by Crippen LogP contribution is -2.15. The number of rotatable bonds is 5. The third-order valence-corrected chi connectivity index (χ3v) is 3.52. The number of nitrogens with one attached hydrogen (secondary N) is 3. The van der Waals surface area contributed by atoms with Crippen molar-refractivity contribution in [3.63, 3.8) is 0 Å². The third-order valence-electron chi connectivity index (χ3n) is 3.52. The first-order chi connectivity index (χ1) is 10.3. The molecule has 0 amide bonds. The van der Waals surface area contributed by atoms with E-state index in [9.17, 15) is 4.79 Å². The number of hydrogen-bond donors (Lipinski definition) is 3. The molecule has 0 radical (unpaired) electrons. The van der Waals surface area contributed by atoms with E-state index in [1.165, 1.54) is 17.0 Å². The van der Waals surface area contributed by atoms with Crippen molar-refractivity contribution in [3.8, 4) is 0 Å². The molecular weight excluding hydrogens is 264 g/mol. The maximum Gasteiger partial charge on any atom is 0.252 e. The van der Waals surface area contributed by atoms with Crippen LogP contribution < -0.4 is 10.9 Å². The van der Waals surface area contributed by atoms with Gasteiger partial charge in [0.2, 0.25) is 5.95 Å². The maximum atomic E-state index is 11.5. The normalized spacial score (nSPS) is 10.9. The van der Waals surface area contributed by atoms with Gasteiger partial charge in [-0.25, -0.2) is 4.98 Å². The molecule has 0 saturated heterocycles. The minimum atomic E-state index is -0.114. The van der Waals surface area contributed by atoms with Crippen LogP contribution in [0.4, 0.5) is 5.95 Å². The Balaban J connectivity index is 1.69. The van der Waals surface area contributed by atoms with Crippen molar-refractivity contribution in [2.75, 3.05) is 11.9 Å². The molecular formula is C16H18N4O. The summed E-state index contributed by atoms with van der Waals surface area (Å²) in [6.07, 6.45) is 3.65. The molecule has 21 heavy (non-hydrogen) atoms. The molecule has 3 rings (SSSR count). The predicted octanol–water partition coefficient (Wildman–Crippen LogP) is 2.47. The number of aryl methyl sites for hydroxylation is 1. The van der Waals surface area contributed by atoms with Crippen molar-refractivity contribution >= 4 is 16.9 Å². The molecule has 0 atom stereocenters. The van der Waals surface area contributed by atoms with Gasteiger partial charge in [-0.2, -0.15) is 0 Å². The van der Waals surface area contributed by atoms with Gasteiger partial charge in [-0.3, -0.25) is 9.78 Å². The van der Waals surface area contributed by atoms with Gasteiger partial charge < -0.3 is 10.3 Å². The van der Waals surface area contributed by atoms with E-state index in [1.54, 1.807) is 0 Å². The molecule has 0 aliphatic carbocycles. The van der Waals surface area contributed by atoms with Crippen LogP contribution in [0.2, 0.25) is 0 Å². The van der Waals surface area contributed by atoms with E-state index < -0.39 is 0 Å². The van der Waals surface area contributed by atoms with Crippen molar-refractivity contribution in [2.24, 2.45) is 0 Å².